The molecule has 4 bridgehead atoms. The van der Waals surface area contributed by atoms with Crippen molar-refractivity contribution in [1.82, 2.24) is 42.1 Å². The van der Waals surface area contributed by atoms with Gasteiger partial charge in [-0.05, 0) is 123 Å². The Labute approximate surface area is 497 Å². The monoisotopic (exact) mass is 1200 g/mol. The summed E-state index contributed by atoms with van der Waals surface area (Å²) in [6, 6.07) is 5.97. The van der Waals surface area contributed by atoms with Crippen molar-refractivity contribution in [3.63, 3.8) is 0 Å². The topological polar surface area (TPSA) is 384 Å². The molecule has 4 saturated carbocycles. The van der Waals surface area contributed by atoms with Crippen molar-refractivity contribution in [3.8, 4) is 5.75 Å². The zero-order valence-electron chi connectivity index (χ0n) is 48.1. The molecule has 4 aliphatic carbocycles. The lowest BCUT2D eigenvalue weighted by Crippen LogP contribution is -2.62. The first kappa shape index (κ1) is 64.5. The van der Waals surface area contributed by atoms with Gasteiger partial charge in [-0.2, -0.15) is 0 Å². The number of carbonyl (C=O) groups excluding carboxylic acids is 10. The van der Waals surface area contributed by atoms with Gasteiger partial charge < -0.3 is 69.8 Å². The molecule has 2 aliphatic heterocycles. The van der Waals surface area contributed by atoms with Crippen LogP contribution >= 0.6 is 21.6 Å². The van der Waals surface area contributed by atoms with E-state index in [9.17, 15) is 47.9 Å². The van der Waals surface area contributed by atoms with E-state index in [1.165, 1.54) is 24.2 Å². The summed E-state index contributed by atoms with van der Waals surface area (Å²) in [7, 11) is 2.15. The van der Waals surface area contributed by atoms with Gasteiger partial charge in [0, 0.05) is 43.9 Å². The van der Waals surface area contributed by atoms with Crippen LogP contribution in [0.5, 0.6) is 5.75 Å². The van der Waals surface area contributed by atoms with Gasteiger partial charge in [0.25, 0.3) is 0 Å². The first-order valence-electron chi connectivity index (χ1n) is 29.1. The molecule has 0 spiro atoms. The zero-order chi connectivity index (χ0) is 60.7. The second-order valence-electron chi connectivity index (χ2n) is 23.5. The predicted molar refractivity (Wildman–Crippen MR) is 318 cm³/mol. The molecule has 6 aliphatic rings. The lowest BCUT2D eigenvalue weighted by molar-refractivity contribution is -0.142. The van der Waals surface area contributed by atoms with Crippen LogP contribution in [0.2, 0.25) is 0 Å². The molecular formula is C58H83N13O11S2. The summed E-state index contributed by atoms with van der Waals surface area (Å²) < 4.78 is 5.65. The minimum Gasteiger partial charge on any atom is -0.494 e. The Morgan fingerprint density at radius 3 is 1.95 bits per heavy atom. The highest BCUT2D eigenvalue weighted by molar-refractivity contribution is 8.76. The molecule has 0 unspecified atom stereocenters. The molecule has 6 fully saturated rings. The SMILES string of the molecule is CCOc1ccc(C[C@@H](NC(=O)CC23CC4CC(CC(C4)C2)C3)C(=O)N[C@@H](Cc2ccccc2)C(=O)N[C@H](C(=O)N[C@@H](CC(N)=O)C(=O)N[C@H]2CSSC[C@@H](C(N)=O)NC(=O)[C@H](CCCN=C(N)N)NC(=O)[C@@H]3CCCN3C2=O)C(C)C)cc1. The highest BCUT2D eigenvalue weighted by Gasteiger charge is 2.52. The van der Waals surface area contributed by atoms with Crippen LogP contribution in [-0.4, -0.2) is 149 Å². The van der Waals surface area contributed by atoms with E-state index in [1.807, 2.05) is 19.1 Å². The van der Waals surface area contributed by atoms with Crippen LogP contribution in [-0.2, 0) is 60.8 Å². The highest BCUT2D eigenvalue weighted by Crippen LogP contribution is 2.61. The smallest absolute Gasteiger partial charge is 0.246 e. The fourth-order valence-electron chi connectivity index (χ4n) is 12.9. The molecule has 2 aromatic rings. The molecule has 84 heavy (non-hydrogen) atoms. The van der Waals surface area contributed by atoms with E-state index in [4.69, 9.17) is 27.7 Å². The maximum absolute atomic E-state index is 14.7. The molecule has 0 radical (unpaired) electrons. The van der Waals surface area contributed by atoms with Gasteiger partial charge in [-0.25, -0.2) is 0 Å². The summed E-state index contributed by atoms with van der Waals surface area (Å²) in [6.45, 7) is 5.90. The van der Waals surface area contributed by atoms with E-state index < -0.39 is 114 Å². The van der Waals surface area contributed by atoms with Gasteiger partial charge in [0.15, 0.2) is 5.96 Å². The Morgan fingerprint density at radius 2 is 1.35 bits per heavy atom. The quantitative estimate of drug-likeness (QED) is 0.0276. The van der Waals surface area contributed by atoms with Crippen LogP contribution in [0.15, 0.2) is 59.6 Å². The number of fused-ring (bicyclic) bond motifs is 1. The Morgan fingerprint density at radius 1 is 0.738 bits per heavy atom. The van der Waals surface area contributed by atoms with Gasteiger partial charge in [0.2, 0.25) is 59.1 Å². The first-order valence-corrected chi connectivity index (χ1v) is 31.6. The molecular weight excluding hydrogens is 1120 g/mol. The van der Waals surface area contributed by atoms with E-state index in [0.717, 1.165) is 46.4 Å². The number of hydrogen-bond donors (Lipinski definition) is 11. The molecule has 458 valence electrons. The average Bonchev–Trinajstić information content (AvgIpc) is 1.36. The number of guanidine groups is 1. The van der Waals surface area contributed by atoms with Crippen molar-refractivity contribution in [2.75, 3.05) is 31.2 Å². The summed E-state index contributed by atoms with van der Waals surface area (Å²) in [6.07, 6.45) is 7.23. The number of primary amides is 2. The maximum Gasteiger partial charge on any atom is 0.246 e. The normalized spacial score (nSPS) is 25.5. The van der Waals surface area contributed by atoms with Crippen LogP contribution in [0, 0.1) is 29.1 Å². The molecule has 15 N–H and O–H groups in total. The van der Waals surface area contributed by atoms with Gasteiger partial charge in [-0.15, -0.1) is 0 Å². The number of nitrogens with one attached hydrogen (secondary N) is 7. The number of hydrogen-bond acceptors (Lipinski definition) is 14. The second kappa shape index (κ2) is 30.1. The van der Waals surface area contributed by atoms with Crippen molar-refractivity contribution in [1.29, 1.82) is 0 Å². The molecule has 8 atom stereocenters. The minimum absolute atomic E-state index is 0.0150. The van der Waals surface area contributed by atoms with Crippen LogP contribution in [0.4, 0.5) is 0 Å². The van der Waals surface area contributed by atoms with E-state index in [0.29, 0.717) is 48.5 Å². The molecule has 24 nitrogen and oxygen atoms in total. The molecule has 0 aromatic heterocycles. The molecule has 10 amide bonds. The fraction of sp³-hybridized carbons (Fsp3) is 0.603. The largest absolute Gasteiger partial charge is 0.494 e. The van der Waals surface area contributed by atoms with Gasteiger partial charge in [0.1, 0.15) is 54.1 Å². The second-order valence-corrected chi connectivity index (χ2v) is 26.1. The third-order valence-electron chi connectivity index (χ3n) is 16.5. The predicted octanol–water partition coefficient (Wildman–Crippen LogP) is 0.327. The number of nitrogens with zero attached hydrogens (tertiary/aromatic N) is 2. The summed E-state index contributed by atoms with van der Waals surface area (Å²) in [5.41, 5.74) is 23.6. The van der Waals surface area contributed by atoms with Crippen LogP contribution < -0.4 is 64.9 Å². The third-order valence-corrected chi connectivity index (χ3v) is 18.9. The molecule has 2 saturated heterocycles. The van der Waals surface area contributed by atoms with Gasteiger partial charge in [-0.1, -0.05) is 77.9 Å². The lowest BCUT2D eigenvalue weighted by Gasteiger charge is -2.56. The number of ether oxygens (including phenoxy) is 1. The Balaban J connectivity index is 1.07. The number of nitrogens with two attached hydrogens (primary N) is 4. The highest BCUT2D eigenvalue weighted by atomic mass is 33.1. The number of rotatable bonds is 25. The zero-order valence-corrected chi connectivity index (χ0v) is 49.7. The van der Waals surface area contributed by atoms with Gasteiger partial charge in [-0.3, -0.25) is 52.9 Å². The van der Waals surface area contributed by atoms with Crippen molar-refractivity contribution < 1.29 is 52.7 Å². The summed E-state index contributed by atoms with van der Waals surface area (Å²) in [5, 5.41) is 19.3. The van der Waals surface area contributed by atoms with Crippen LogP contribution in [0.25, 0.3) is 0 Å². The van der Waals surface area contributed by atoms with Crippen LogP contribution in [0.1, 0.15) is 109 Å². The summed E-state index contributed by atoms with van der Waals surface area (Å²) >= 11 is 0. The molecule has 8 rings (SSSR count). The van der Waals surface area contributed by atoms with Crippen molar-refractivity contribution >= 4 is 86.6 Å². The lowest BCUT2D eigenvalue weighted by atomic mass is 9.49. The standard InChI is InChI=1S/C58H83N13O11S2/c1-4-82-38-16-14-34(15-17-38)24-40(64-47(73)29-58-26-35-20-36(27-58)22-37(21-35)28-58)51(76)66-41(23-33-10-6-5-7-11-33)53(78)70-48(32(2)3)55(80)67-42(25-46(59)72)52(77)69-44-31-84-83-30-43(49(60)74)68-50(75)39(12-8-18-63-57(61)62)65-54(79)45-13-9-19-71(45)56(44)81/h5-7,10-11,14-17,32,35-37,39-45,48H,4,8-9,12-13,18-31H2,1-3H3,(H2,59,72)(H2,60,74)(H,64,73)(H,65,79)(H,66,76)(H,67,80)(H,68,75)(H,69,77)(H,70,78)(H4,61,62,63)/t35?,36?,37?,39-,40+,41-,42-,43-,44-,45-,48-,58?/m0/s1. The number of benzene rings is 2. The first-order chi connectivity index (χ1) is 40.1. The minimum atomic E-state index is -1.68. The van der Waals surface area contributed by atoms with E-state index in [1.54, 1.807) is 56.3 Å². The van der Waals surface area contributed by atoms with E-state index >= 15 is 0 Å². The van der Waals surface area contributed by atoms with E-state index in [2.05, 4.69) is 42.2 Å². The maximum atomic E-state index is 14.7. The Hall–Kier alpha value is -7.09. The number of aliphatic imine (C=N–C) groups is 1. The Kier molecular flexibility index (Phi) is 23.1. The summed E-state index contributed by atoms with van der Waals surface area (Å²) in [5.74, 6) is -5.86. The van der Waals surface area contributed by atoms with Crippen molar-refractivity contribution in [3.05, 3.63) is 65.7 Å². The molecule has 26 heteroatoms. The number of carbonyl (C=O) groups is 10. The molecule has 2 heterocycles. The number of amides is 10. The average molecular weight is 1200 g/mol. The van der Waals surface area contributed by atoms with Gasteiger partial charge >= 0.3 is 0 Å². The summed E-state index contributed by atoms with van der Waals surface area (Å²) in [4.78, 5) is 145. The van der Waals surface area contributed by atoms with Crippen LogP contribution in [0.3, 0.4) is 0 Å². The van der Waals surface area contributed by atoms with E-state index in [-0.39, 0.29) is 74.0 Å². The van der Waals surface area contributed by atoms with Gasteiger partial charge in [0.05, 0.1) is 13.0 Å². The fourth-order valence-corrected chi connectivity index (χ4v) is 15.2. The Bertz CT molecular complexity index is 2700. The van der Waals surface area contributed by atoms with Crippen molar-refractivity contribution in [2.45, 2.75) is 159 Å². The third kappa shape index (κ3) is 18.2. The molecule has 2 aromatic carbocycles. The van der Waals surface area contributed by atoms with Crippen molar-refractivity contribution in [2.24, 2.45) is 57.0 Å².